The molecule has 6 heavy (non-hydrogen) atoms. The van der Waals surface area contributed by atoms with Crippen LogP contribution < -0.4 is 11.5 Å². The average Bonchev–Trinajstić information content (AvgIpc) is 1.65. The van der Waals surface area contributed by atoms with Crippen molar-refractivity contribution in [2.24, 2.45) is 5.73 Å². The molecule has 1 unspecified atom stereocenters. The number of aliphatic hydroxyl groups is 1. The summed E-state index contributed by atoms with van der Waals surface area (Å²) in [5, 5.41) is 8.35. The molecule has 0 saturated heterocycles. The van der Waals surface area contributed by atoms with Gasteiger partial charge in [-0.1, -0.05) is 0 Å². The van der Waals surface area contributed by atoms with Gasteiger partial charge in [0.25, 0.3) is 0 Å². The highest BCUT2D eigenvalue weighted by Crippen LogP contribution is 1.68. The summed E-state index contributed by atoms with van der Waals surface area (Å²) in [5.74, 6) is 0. The molecule has 4 N–H and O–H groups in total. The second kappa shape index (κ2) is 3.08. The maximum absolute atomic E-state index is 8.35. The summed E-state index contributed by atoms with van der Waals surface area (Å²) in [6.45, 7) is 0.208. The van der Waals surface area contributed by atoms with Crippen molar-refractivity contribution in [1.29, 1.82) is 0 Å². The van der Waals surface area contributed by atoms with Gasteiger partial charge in [0.15, 0.2) is 0 Å². The lowest BCUT2D eigenvalue weighted by atomic mass is 10.4. The van der Waals surface area contributed by atoms with E-state index in [0.29, 0.717) is 0 Å². The second-order valence-electron chi connectivity index (χ2n) is 1.09. The summed E-state index contributed by atoms with van der Waals surface area (Å²) in [6.07, 6.45) is -0.620. The van der Waals surface area contributed by atoms with Crippen molar-refractivity contribution < 1.29 is 5.11 Å². The first-order valence-corrected chi connectivity index (χ1v) is 1.84. The molecule has 0 aromatic rings. The Morgan fingerprint density at radius 2 is 2.33 bits per heavy atom. The highest BCUT2D eigenvalue weighted by Gasteiger charge is 1.91. The normalized spacial score (nSPS) is 10.0. The molecule has 0 aliphatic carbocycles. The number of aliphatic hydroxyl groups excluding tert-OH is 1. The Balaban J connectivity index is 2.75. The van der Waals surface area contributed by atoms with Crippen LogP contribution in [-0.4, -0.2) is 24.3 Å². The molecular formula is C3H9N2O. The molecule has 1 atom stereocenters. The Labute approximate surface area is 36.9 Å². The smallest absolute Gasteiger partial charge is 0.0800 e. The third-order valence-electron chi connectivity index (χ3n) is 0.508. The molecule has 1 radical (unpaired) electrons. The fourth-order valence-corrected chi connectivity index (χ4v) is 0.0833. The molecule has 0 aliphatic heterocycles. The van der Waals surface area contributed by atoms with Crippen LogP contribution in [0.1, 0.15) is 0 Å². The fourth-order valence-electron chi connectivity index (χ4n) is 0.0833. The first-order valence-electron chi connectivity index (χ1n) is 1.84. The number of hydrogen-bond acceptors (Lipinski definition) is 2. The quantitative estimate of drug-likeness (QED) is 0.436. The lowest BCUT2D eigenvalue weighted by molar-refractivity contribution is 0.189. The van der Waals surface area contributed by atoms with Crippen LogP contribution in [0.3, 0.4) is 0 Å². The maximum Gasteiger partial charge on any atom is 0.0800 e. The first-order chi connectivity index (χ1) is 2.81. The van der Waals surface area contributed by atoms with E-state index in [4.69, 9.17) is 16.6 Å². The van der Waals surface area contributed by atoms with E-state index in [1.165, 1.54) is 0 Å². The number of rotatable bonds is 2. The van der Waals surface area contributed by atoms with Gasteiger partial charge >= 0.3 is 0 Å². The predicted octanol–water partition coefficient (Wildman–Crippen LogP) is -1.41. The van der Waals surface area contributed by atoms with Gasteiger partial charge in [-0.3, -0.25) is 5.73 Å². The topological polar surface area (TPSA) is 70.0 Å². The Kier molecular flexibility index (Phi) is 3.02. The minimum absolute atomic E-state index is 0.0104. The molecule has 0 aromatic heterocycles. The molecule has 0 rings (SSSR count). The molecule has 0 amide bonds. The molecule has 0 aromatic carbocycles. The molecule has 0 spiro atoms. The van der Waals surface area contributed by atoms with Crippen molar-refractivity contribution in [2.75, 3.05) is 13.1 Å². The minimum atomic E-state index is -0.620. The van der Waals surface area contributed by atoms with Crippen LogP contribution in [0.25, 0.3) is 0 Å². The molecule has 0 aliphatic rings. The SMILES string of the molecule is [NH]CC(O)CN. The third-order valence-corrected chi connectivity index (χ3v) is 0.508. The highest BCUT2D eigenvalue weighted by atomic mass is 16.3. The van der Waals surface area contributed by atoms with Crippen molar-refractivity contribution in [1.82, 2.24) is 5.73 Å². The summed E-state index contributed by atoms with van der Waals surface area (Å²) < 4.78 is 0. The highest BCUT2D eigenvalue weighted by molar-refractivity contribution is 4.51. The zero-order valence-corrected chi connectivity index (χ0v) is 3.52. The lowest BCUT2D eigenvalue weighted by Crippen LogP contribution is -2.23. The molecular weight excluding hydrogens is 80.0 g/mol. The van der Waals surface area contributed by atoms with Gasteiger partial charge in [-0.15, -0.1) is 0 Å². The second-order valence-corrected chi connectivity index (χ2v) is 1.09. The molecule has 0 fully saturated rings. The van der Waals surface area contributed by atoms with Crippen LogP contribution in [0.2, 0.25) is 0 Å². The summed E-state index contributed by atoms with van der Waals surface area (Å²) in [5.41, 5.74) is 11.4. The summed E-state index contributed by atoms with van der Waals surface area (Å²) >= 11 is 0. The van der Waals surface area contributed by atoms with Crippen molar-refractivity contribution in [3.63, 3.8) is 0 Å². The molecule has 0 heterocycles. The predicted molar refractivity (Wildman–Crippen MR) is 23.0 cm³/mol. The molecule has 0 saturated carbocycles. The van der Waals surface area contributed by atoms with Gasteiger partial charge in [0.2, 0.25) is 0 Å². The monoisotopic (exact) mass is 89.1 g/mol. The van der Waals surface area contributed by atoms with Crippen LogP contribution in [0.15, 0.2) is 0 Å². The fraction of sp³-hybridized carbons (Fsp3) is 1.00. The summed E-state index contributed by atoms with van der Waals surface area (Å²) in [7, 11) is 0. The van der Waals surface area contributed by atoms with Gasteiger partial charge in [-0.25, -0.2) is 0 Å². The van der Waals surface area contributed by atoms with Crippen molar-refractivity contribution in [3.05, 3.63) is 0 Å². The largest absolute Gasteiger partial charge is 0.390 e. The van der Waals surface area contributed by atoms with Crippen LogP contribution >= 0.6 is 0 Å². The maximum atomic E-state index is 8.35. The van der Waals surface area contributed by atoms with E-state index in [1.54, 1.807) is 0 Å². The Hall–Kier alpha value is -0.120. The lowest BCUT2D eigenvalue weighted by Gasteiger charge is -1.97. The summed E-state index contributed by atoms with van der Waals surface area (Å²) in [6, 6.07) is 0. The van der Waals surface area contributed by atoms with Gasteiger partial charge in [-0.2, -0.15) is 0 Å². The number of hydrogen-bond donors (Lipinski definition) is 2. The number of nitrogens with one attached hydrogen (secondary N) is 1. The summed E-state index contributed by atoms with van der Waals surface area (Å²) in [4.78, 5) is 0. The third kappa shape index (κ3) is 2.14. The van der Waals surface area contributed by atoms with Crippen molar-refractivity contribution in [2.45, 2.75) is 6.10 Å². The van der Waals surface area contributed by atoms with Gasteiger partial charge in [-0.05, 0) is 0 Å². The van der Waals surface area contributed by atoms with E-state index in [1.807, 2.05) is 0 Å². The molecule has 3 heteroatoms. The minimum Gasteiger partial charge on any atom is -0.390 e. The Morgan fingerprint density at radius 1 is 1.83 bits per heavy atom. The molecule has 37 valence electrons. The van der Waals surface area contributed by atoms with Gasteiger partial charge < -0.3 is 10.8 Å². The van der Waals surface area contributed by atoms with Gasteiger partial charge in [0.05, 0.1) is 6.10 Å². The van der Waals surface area contributed by atoms with E-state index < -0.39 is 6.10 Å². The van der Waals surface area contributed by atoms with E-state index in [0.717, 1.165) is 0 Å². The Morgan fingerprint density at radius 3 is 2.33 bits per heavy atom. The first kappa shape index (κ1) is 5.88. The van der Waals surface area contributed by atoms with Crippen LogP contribution in [0, 0.1) is 0 Å². The zero-order chi connectivity index (χ0) is 4.99. The zero-order valence-electron chi connectivity index (χ0n) is 3.52. The van der Waals surface area contributed by atoms with Crippen molar-refractivity contribution in [3.8, 4) is 0 Å². The van der Waals surface area contributed by atoms with Crippen LogP contribution in [0.5, 0.6) is 0 Å². The molecule has 0 bridgehead atoms. The van der Waals surface area contributed by atoms with Crippen LogP contribution in [-0.2, 0) is 0 Å². The Bertz CT molecular complexity index is 28.0. The van der Waals surface area contributed by atoms with Crippen LogP contribution in [0.4, 0.5) is 0 Å². The van der Waals surface area contributed by atoms with E-state index in [2.05, 4.69) is 0 Å². The van der Waals surface area contributed by atoms with E-state index in [-0.39, 0.29) is 13.1 Å². The molecule has 3 nitrogen and oxygen atoms in total. The van der Waals surface area contributed by atoms with Gasteiger partial charge in [0.1, 0.15) is 0 Å². The number of nitrogens with two attached hydrogens (primary N) is 1. The standard InChI is InChI=1S/C3H9N2O/c4-1-3(6)2-5/h3-4,6H,1-2,5H2. The van der Waals surface area contributed by atoms with Crippen molar-refractivity contribution >= 4 is 0 Å². The van der Waals surface area contributed by atoms with Gasteiger partial charge in [0, 0.05) is 13.1 Å². The average molecular weight is 89.1 g/mol. The van der Waals surface area contributed by atoms with E-state index >= 15 is 0 Å². The van der Waals surface area contributed by atoms with E-state index in [9.17, 15) is 0 Å².